The van der Waals surface area contributed by atoms with E-state index in [1.54, 1.807) is 0 Å². The van der Waals surface area contributed by atoms with Crippen molar-refractivity contribution < 1.29 is 5.84 Å². The molecule has 0 fully saturated rings. The molecule has 0 aliphatic rings. The van der Waals surface area contributed by atoms with Crippen LogP contribution < -0.4 is 10.5 Å². The first-order chi connectivity index (χ1) is 22.1. The predicted octanol–water partition coefficient (Wildman–Crippen LogP) is 11.5. The monoisotopic (exact) mass is 581 g/mol. The Balaban J connectivity index is 0.00000338. The maximum atomic E-state index is 13.5. The van der Waals surface area contributed by atoms with E-state index in [4.69, 9.17) is 4.42 Å². The van der Waals surface area contributed by atoms with Crippen molar-refractivity contribution in [2.45, 2.75) is 6.92 Å². The number of aryl methyl sites for hydroxylation is 1. The maximum absolute atomic E-state index is 13.5. The number of fused-ring (bicyclic) bond motifs is 3. The molecule has 0 N–H and O–H groups in total. The minimum absolute atomic E-state index is 0. The van der Waals surface area contributed by atoms with E-state index in [0.717, 1.165) is 60.9 Å². The van der Waals surface area contributed by atoms with Gasteiger partial charge in [-0.3, -0.25) is 0 Å². The molecular weight excluding hydrogens is 550 g/mol. The van der Waals surface area contributed by atoms with Crippen LogP contribution in [0.15, 0.2) is 167 Å². The number of hydrogen-bond acceptors (Lipinski definition) is 3. The molecule has 0 saturated heterocycles. The number of rotatable bonds is 5. The molecule has 0 amide bonds. The van der Waals surface area contributed by atoms with Crippen LogP contribution in [0, 0.1) is 6.92 Å². The van der Waals surface area contributed by atoms with Crippen molar-refractivity contribution in [2.24, 2.45) is 0 Å². The normalized spacial score (nSPS) is 11.3. The van der Waals surface area contributed by atoms with Gasteiger partial charge in [-0.15, -0.1) is 0 Å². The van der Waals surface area contributed by atoms with Gasteiger partial charge in [-0.1, -0.05) is 109 Å². The van der Waals surface area contributed by atoms with Gasteiger partial charge in [0, 0.05) is 29.6 Å². The van der Waals surface area contributed by atoms with Crippen LogP contribution in [0.1, 0.15) is 6.99 Å². The van der Waals surface area contributed by atoms with Gasteiger partial charge in [0.05, 0.1) is 11.3 Å². The first-order valence-electron chi connectivity index (χ1n) is 15.1. The molecule has 216 valence electrons. The van der Waals surface area contributed by atoms with Crippen molar-refractivity contribution in [3.63, 3.8) is 0 Å². The Hall–Kier alpha value is -5.93. The minimum atomic E-state index is -0.357. The molecule has 45 heavy (non-hydrogen) atoms. The van der Waals surface area contributed by atoms with E-state index in [1.165, 1.54) is 5.39 Å². The summed E-state index contributed by atoms with van der Waals surface area (Å²) in [4.78, 5) is 15.8. The smallest absolute Gasteiger partial charge is 0.344 e. The van der Waals surface area contributed by atoms with Gasteiger partial charge in [0.2, 0.25) is 0 Å². The lowest BCUT2D eigenvalue weighted by Gasteiger charge is -2.27. The second kappa shape index (κ2) is 11.0. The lowest BCUT2D eigenvalue weighted by atomic mass is 9.95. The van der Waals surface area contributed by atoms with Crippen LogP contribution in [-0.4, -0.2) is 0 Å². The Bertz CT molecular complexity index is 2430. The Kier molecular flexibility index (Phi) is 6.50. The third-order valence-electron chi connectivity index (χ3n) is 8.61. The standard InChI is InChI=1S/C42H29NO2.H2/c1-28-18-19-33(25-38(28)31-11-3-2-4-12-31)39-26-34-21-23-36(27-41(34)45-42(39)44)43(35-22-20-29-10-5-6-14-32(29)24-35)40-17-9-15-30-13-7-8-16-37(30)40;/h2-27H,1H3;1H. The van der Waals surface area contributed by atoms with Gasteiger partial charge < -0.3 is 9.32 Å². The summed E-state index contributed by atoms with van der Waals surface area (Å²) in [7, 11) is 0. The second-order valence-electron chi connectivity index (χ2n) is 11.4. The first kappa shape index (κ1) is 26.7. The predicted molar refractivity (Wildman–Crippen MR) is 190 cm³/mol. The van der Waals surface area contributed by atoms with Crippen molar-refractivity contribution >= 4 is 49.6 Å². The van der Waals surface area contributed by atoms with Crippen LogP contribution >= 0.6 is 0 Å². The van der Waals surface area contributed by atoms with Crippen molar-refractivity contribution in [3.05, 3.63) is 174 Å². The molecule has 0 radical (unpaired) electrons. The Labute approximate surface area is 262 Å². The average Bonchev–Trinajstić information content (AvgIpc) is 3.09. The summed E-state index contributed by atoms with van der Waals surface area (Å²) in [5.41, 5.74) is 7.94. The number of benzene rings is 7. The van der Waals surface area contributed by atoms with Gasteiger partial charge in [0.25, 0.3) is 0 Å². The van der Waals surface area contributed by atoms with E-state index in [1.807, 2.05) is 42.5 Å². The molecule has 3 nitrogen and oxygen atoms in total. The Morgan fingerprint density at radius 2 is 1.20 bits per heavy atom. The van der Waals surface area contributed by atoms with Crippen LogP contribution in [0.3, 0.4) is 0 Å². The average molecular weight is 582 g/mol. The molecule has 0 atom stereocenters. The minimum Gasteiger partial charge on any atom is -0.422 e. The fourth-order valence-corrected chi connectivity index (χ4v) is 6.30. The van der Waals surface area contributed by atoms with Crippen molar-refractivity contribution in [2.75, 3.05) is 4.90 Å². The number of hydrogen-bond donors (Lipinski definition) is 0. The second-order valence-corrected chi connectivity index (χ2v) is 11.4. The van der Waals surface area contributed by atoms with E-state index in [0.29, 0.717) is 11.1 Å². The molecule has 0 aliphatic heterocycles. The van der Waals surface area contributed by atoms with Gasteiger partial charge in [-0.05, 0) is 87.8 Å². The number of anilines is 3. The molecule has 3 heteroatoms. The topological polar surface area (TPSA) is 33.5 Å². The molecule has 0 bridgehead atoms. The van der Waals surface area contributed by atoms with Gasteiger partial charge in [0.1, 0.15) is 5.58 Å². The van der Waals surface area contributed by atoms with Gasteiger partial charge in [0.15, 0.2) is 0 Å². The molecule has 1 aromatic heterocycles. The van der Waals surface area contributed by atoms with Crippen LogP contribution in [-0.2, 0) is 0 Å². The van der Waals surface area contributed by atoms with Crippen LogP contribution in [0.2, 0.25) is 0 Å². The number of nitrogens with zero attached hydrogens (tertiary/aromatic N) is 1. The van der Waals surface area contributed by atoms with E-state index in [2.05, 4.69) is 127 Å². The molecule has 0 unspecified atom stereocenters. The van der Waals surface area contributed by atoms with E-state index >= 15 is 0 Å². The van der Waals surface area contributed by atoms with Crippen molar-refractivity contribution in [3.8, 4) is 22.3 Å². The molecule has 8 rings (SSSR count). The highest BCUT2D eigenvalue weighted by Gasteiger charge is 2.18. The SMILES string of the molecule is Cc1ccc(-c2cc3ccc(N(c4ccc5ccccc5c4)c4cccc5ccccc45)cc3oc2=O)cc1-c1ccccc1.[HH]. The first-order valence-corrected chi connectivity index (χ1v) is 15.1. The molecule has 0 saturated carbocycles. The fourth-order valence-electron chi connectivity index (χ4n) is 6.30. The molecule has 7 aromatic carbocycles. The molecule has 1 heterocycles. The van der Waals surface area contributed by atoms with Gasteiger partial charge in [-0.25, -0.2) is 4.79 Å². The lowest BCUT2D eigenvalue weighted by molar-refractivity contribution is 0.563. The zero-order valence-electron chi connectivity index (χ0n) is 24.8. The highest BCUT2D eigenvalue weighted by molar-refractivity contribution is 6.01. The highest BCUT2D eigenvalue weighted by Crippen LogP contribution is 2.41. The van der Waals surface area contributed by atoms with Gasteiger partial charge >= 0.3 is 5.63 Å². The summed E-state index contributed by atoms with van der Waals surface area (Å²) >= 11 is 0. The Morgan fingerprint density at radius 3 is 2.04 bits per heavy atom. The third-order valence-corrected chi connectivity index (χ3v) is 8.61. The maximum Gasteiger partial charge on any atom is 0.344 e. The summed E-state index contributed by atoms with van der Waals surface area (Å²) < 4.78 is 6.06. The largest absolute Gasteiger partial charge is 0.422 e. The van der Waals surface area contributed by atoms with Crippen LogP contribution in [0.4, 0.5) is 17.1 Å². The summed E-state index contributed by atoms with van der Waals surface area (Å²) in [5, 5.41) is 5.50. The lowest BCUT2D eigenvalue weighted by Crippen LogP contribution is -2.11. The van der Waals surface area contributed by atoms with Gasteiger partial charge in [-0.2, -0.15) is 0 Å². The molecule has 0 spiro atoms. The zero-order valence-corrected chi connectivity index (χ0v) is 24.8. The summed E-state index contributed by atoms with van der Waals surface area (Å²) in [6.07, 6.45) is 0. The van der Waals surface area contributed by atoms with E-state index in [-0.39, 0.29) is 7.05 Å². The van der Waals surface area contributed by atoms with Crippen molar-refractivity contribution in [1.29, 1.82) is 0 Å². The van der Waals surface area contributed by atoms with Crippen LogP contribution in [0.5, 0.6) is 0 Å². The van der Waals surface area contributed by atoms with E-state index in [9.17, 15) is 4.79 Å². The molecule has 8 aromatic rings. The van der Waals surface area contributed by atoms with Crippen molar-refractivity contribution in [1.82, 2.24) is 0 Å². The highest BCUT2D eigenvalue weighted by atomic mass is 16.4. The Morgan fingerprint density at radius 1 is 0.511 bits per heavy atom. The van der Waals surface area contributed by atoms with Crippen LogP contribution in [0.25, 0.3) is 54.8 Å². The molecule has 0 aliphatic carbocycles. The van der Waals surface area contributed by atoms with E-state index < -0.39 is 0 Å². The fraction of sp³-hybridized carbons (Fsp3) is 0.0238. The summed E-state index contributed by atoms with van der Waals surface area (Å²) in [5.74, 6) is 0. The third kappa shape index (κ3) is 4.85. The quantitative estimate of drug-likeness (QED) is 0.190. The summed E-state index contributed by atoms with van der Waals surface area (Å²) in [6.45, 7) is 2.09. The molecular formula is C42H31NO2. The zero-order chi connectivity index (χ0) is 30.3. The summed E-state index contributed by atoms with van der Waals surface area (Å²) in [6, 6.07) is 54.1.